The van der Waals surface area contributed by atoms with Crippen molar-refractivity contribution in [3.63, 3.8) is 0 Å². The van der Waals surface area contributed by atoms with Crippen LogP contribution in [0, 0.1) is 11.8 Å². The molecule has 0 saturated heterocycles. The largest absolute Gasteiger partial charge is 0.481 e. The zero-order valence-corrected chi connectivity index (χ0v) is 10.9. The lowest BCUT2D eigenvalue weighted by Crippen LogP contribution is -2.47. The van der Waals surface area contributed by atoms with Gasteiger partial charge in [0, 0.05) is 6.04 Å². The van der Waals surface area contributed by atoms with E-state index in [1.54, 1.807) is 0 Å². The molecule has 1 rings (SSSR count). The summed E-state index contributed by atoms with van der Waals surface area (Å²) >= 11 is 0. The van der Waals surface area contributed by atoms with Crippen molar-refractivity contribution in [2.45, 2.75) is 45.3 Å². The van der Waals surface area contributed by atoms with Crippen molar-refractivity contribution in [3.8, 4) is 0 Å². The van der Waals surface area contributed by atoms with Crippen molar-refractivity contribution in [1.82, 2.24) is 4.90 Å². The SMILES string of the molecule is CC(C)N(CC(F)(F)F)C(=O)C1CCCC1C(=O)O. The molecule has 0 bridgehead atoms. The minimum atomic E-state index is -4.47. The van der Waals surface area contributed by atoms with Crippen molar-refractivity contribution in [1.29, 1.82) is 0 Å². The number of hydrogen-bond donors (Lipinski definition) is 1. The summed E-state index contributed by atoms with van der Waals surface area (Å²) in [6.45, 7) is 1.66. The number of rotatable bonds is 4. The Bertz CT molecular complexity index is 355. The van der Waals surface area contributed by atoms with E-state index in [-0.39, 0.29) is 0 Å². The first kappa shape index (κ1) is 15.8. The van der Waals surface area contributed by atoms with Crippen LogP contribution in [-0.2, 0) is 9.59 Å². The van der Waals surface area contributed by atoms with Gasteiger partial charge in [-0.25, -0.2) is 0 Å². The van der Waals surface area contributed by atoms with Crippen LogP contribution in [0.25, 0.3) is 0 Å². The lowest BCUT2D eigenvalue weighted by Gasteiger charge is -2.31. The number of amides is 1. The van der Waals surface area contributed by atoms with E-state index in [1.165, 1.54) is 13.8 Å². The first-order chi connectivity index (χ1) is 8.63. The Kier molecular flexibility index (Phi) is 4.81. The van der Waals surface area contributed by atoms with Crippen LogP contribution in [0.1, 0.15) is 33.1 Å². The van der Waals surface area contributed by atoms with E-state index in [4.69, 9.17) is 5.11 Å². The topological polar surface area (TPSA) is 57.6 Å². The van der Waals surface area contributed by atoms with Gasteiger partial charge in [-0.15, -0.1) is 0 Å². The normalized spacial score (nSPS) is 23.7. The summed E-state index contributed by atoms with van der Waals surface area (Å²) in [5, 5.41) is 8.99. The molecule has 0 aliphatic heterocycles. The molecule has 1 aliphatic rings. The zero-order valence-electron chi connectivity index (χ0n) is 10.9. The molecule has 0 spiro atoms. The van der Waals surface area contributed by atoms with E-state index in [0.717, 1.165) is 4.90 Å². The number of aliphatic carboxylic acids is 1. The number of carboxylic acids is 1. The second kappa shape index (κ2) is 5.79. The van der Waals surface area contributed by atoms with Crippen molar-refractivity contribution in [3.05, 3.63) is 0 Å². The second-order valence-corrected chi connectivity index (χ2v) is 5.16. The average Bonchev–Trinajstić information content (AvgIpc) is 2.72. The second-order valence-electron chi connectivity index (χ2n) is 5.16. The number of nitrogens with zero attached hydrogens (tertiary/aromatic N) is 1. The summed E-state index contributed by atoms with van der Waals surface area (Å²) in [4.78, 5) is 23.9. The molecule has 1 saturated carbocycles. The van der Waals surface area contributed by atoms with E-state index in [9.17, 15) is 22.8 Å². The van der Waals surface area contributed by atoms with Gasteiger partial charge in [0.1, 0.15) is 6.54 Å². The monoisotopic (exact) mass is 281 g/mol. The molecular formula is C12H18F3NO3. The smallest absolute Gasteiger partial charge is 0.406 e. The maximum absolute atomic E-state index is 12.5. The lowest BCUT2D eigenvalue weighted by molar-refractivity contribution is -0.169. The molecule has 0 aromatic carbocycles. The maximum Gasteiger partial charge on any atom is 0.406 e. The number of carbonyl (C=O) groups is 2. The van der Waals surface area contributed by atoms with Crippen molar-refractivity contribution in [2.75, 3.05) is 6.54 Å². The number of carboxylic acid groups (broad SMARTS) is 1. The van der Waals surface area contributed by atoms with E-state index in [0.29, 0.717) is 19.3 Å². The third-order valence-electron chi connectivity index (χ3n) is 3.41. The van der Waals surface area contributed by atoms with Gasteiger partial charge in [-0.1, -0.05) is 6.42 Å². The quantitative estimate of drug-likeness (QED) is 0.860. The van der Waals surface area contributed by atoms with Gasteiger partial charge < -0.3 is 10.0 Å². The summed E-state index contributed by atoms with van der Waals surface area (Å²) in [5.74, 6) is -3.49. The highest BCUT2D eigenvalue weighted by Crippen LogP contribution is 2.34. The van der Waals surface area contributed by atoms with Crippen LogP contribution in [-0.4, -0.2) is 40.6 Å². The predicted octanol–water partition coefficient (Wildman–Crippen LogP) is 2.29. The molecule has 1 N–H and O–H groups in total. The molecular weight excluding hydrogens is 263 g/mol. The van der Waals surface area contributed by atoms with Crippen molar-refractivity contribution < 1.29 is 27.9 Å². The summed E-state index contributed by atoms with van der Waals surface area (Å²) in [6.07, 6.45) is -3.22. The average molecular weight is 281 g/mol. The molecule has 2 unspecified atom stereocenters. The van der Waals surface area contributed by atoms with Crippen LogP contribution < -0.4 is 0 Å². The van der Waals surface area contributed by atoms with Crippen LogP contribution in [0.2, 0.25) is 0 Å². The molecule has 19 heavy (non-hydrogen) atoms. The molecule has 0 radical (unpaired) electrons. The lowest BCUT2D eigenvalue weighted by atomic mass is 9.94. The molecule has 1 fully saturated rings. The van der Waals surface area contributed by atoms with Crippen LogP contribution >= 0.6 is 0 Å². The summed E-state index contributed by atoms with van der Waals surface area (Å²) in [7, 11) is 0. The Hall–Kier alpha value is -1.27. The van der Waals surface area contributed by atoms with Gasteiger partial charge in [0.15, 0.2) is 0 Å². The van der Waals surface area contributed by atoms with Gasteiger partial charge in [-0.3, -0.25) is 9.59 Å². The minimum Gasteiger partial charge on any atom is -0.481 e. The van der Waals surface area contributed by atoms with E-state index in [2.05, 4.69) is 0 Å². The minimum absolute atomic E-state index is 0.344. The predicted molar refractivity (Wildman–Crippen MR) is 61.4 cm³/mol. The Labute approximate surface area is 109 Å². The Morgan fingerprint density at radius 3 is 2.21 bits per heavy atom. The number of carbonyl (C=O) groups excluding carboxylic acids is 1. The summed E-state index contributed by atoms with van der Waals surface area (Å²) in [6, 6.07) is -0.607. The van der Waals surface area contributed by atoms with Gasteiger partial charge in [-0.05, 0) is 26.7 Å². The van der Waals surface area contributed by atoms with E-state index < -0.39 is 42.5 Å². The third kappa shape index (κ3) is 4.11. The fourth-order valence-electron chi connectivity index (χ4n) is 2.47. The van der Waals surface area contributed by atoms with Gasteiger partial charge in [0.2, 0.25) is 5.91 Å². The molecule has 0 aromatic heterocycles. The first-order valence-electron chi connectivity index (χ1n) is 6.23. The third-order valence-corrected chi connectivity index (χ3v) is 3.41. The number of hydrogen-bond acceptors (Lipinski definition) is 2. The summed E-state index contributed by atoms with van der Waals surface area (Å²) in [5.41, 5.74) is 0. The fraction of sp³-hybridized carbons (Fsp3) is 0.833. The first-order valence-corrected chi connectivity index (χ1v) is 6.23. The molecule has 0 heterocycles. The number of alkyl halides is 3. The summed E-state index contributed by atoms with van der Waals surface area (Å²) < 4.78 is 37.4. The van der Waals surface area contributed by atoms with Gasteiger partial charge >= 0.3 is 12.1 Å². The Morgan fingerprint density at radius 1 is 1.26 bits per heavy atom. The van der Waals surface area contributed by atoms with E-state index in [1.807, 2.05) is 0 Å². The molecule has 1 aliphatic carbocycles. The van der Waals surface area contributed by atoms with Crippen LogP contribution in [0.15, 0.2) is 0 Å². The standard InChI is InChI=1S/C12H18F3NO3/c1-7(2)16(6-12(13,14)15)10(17)8-4-3-5-9(8)11(18)19/h7-9H,3-6H2,1-2H3,(H,18,19). The molecule has 0 aromatic rings. The van der Waals surface area contributed by atoms with Gasteiger partial charge in [0.05, 0.1) is 11.8 Å². The van der Waals surface area contributed by atoms with Gasteiger partial charge in [0.25, 0.3) is 0 Å². The highest BCUT2D eigenvalue weighted by atomic mass is 19.4. The van der Waals surface area contributed by atoms with Gasteiger partial charge in [-0.2, -0.15) is 13.2 Å². The number of halogens is 3. The molecule has 7 heteroatoms. The van der Waals surface area contributed by atoms with Crippen LogP contribution in [0.3, 0.4) is 0 Å². The highest BCUT2D eigenvalue weighted by molar-refractivity contribution is 5.85. The highest BCUT2D eigenvalue weighted by Gasteiger charge is 2.43. The van der Waals surface area contributed by atoms with Crippen molar-refractivity contribution >= 4 is 11.9 Å². The molecule has 2 atom stereocenters. The fourth-order valence-corrected chi connectivity index (χ4v) is 2.47. The Balaban J connectivity index is 2.85. The molecule has 110 valence electrons. The zero-order chi connectivity index (χ0) is 14.8. The Morgan fingerprint density at radius 2 is 1.79 bits per heavy atom. The van der Waals surface area contributed by atoms with Crippen LogP contribution in [0.4, 0.5) is 13.2 Å². The van der Waals surface area contributed by atoms with Crippen molar-refractivity contribution in [2.24, 2.45) is 11.8 Å². The maximum atomic E-state index is 12.5. The van der Waals surface area contributed by atoms with Crippen LogP contribution in [0.5, 0.6) is 0 Å². The molecule has 1 amide bonds. The molecule has 4 nitrogen and oxygen atoms in total. The van der Waals surface area contributed by atoms with E-state index >= 15 is 0 Å².